The van der Waals surface area contributed by atoms with E-state index in [1.807, 2.05) is 66.2 Å². The summed E-state index contributed by atoms with van der Waals surface area (Å²) >= 11 is 1.49. The lowest BCUT2D eigenvalue weighted by Crippen LogP contribution is -2.13. The average molecular weight is 334 g/mol. The van der Waals surface area contributed by atoms with Gasteiger partial charge in [-0.1, -0.05) is 53.8 Å². The molecule has 5 nitrogen and oxygen atoms in total. The van der Waals surface area contributed by atoms with Crippen LogP contribution >= 0.6 is 11.3 Å². The molecule has 0 saturated heterocycles. The van der Waals surface area contributed by atoms with Crippen LogP contribution in [0.25, 0.3) is 21.5 Å². The second-order valence-corrected chi connectivity index (χ2v) is 6.37. The van der Waals surface area contributed by atoms with Crippen molar-refractivity contribution in [2.45, 2.75) is 0 Å². The van der Waals surface area contributed by atoms with Crippen LogP contribution in [0.3, 0.4) is 0 Å². The first-order chi connectivity index (χ1) is 11.7. The Labute approximate surface area is 141 Å². The SMILES string of the molecule is Cn1c(=NC(=O)c2cc(-c3ccccc3)n[nH]2)sc2ccccc21. The van der Waals surface area contributed by atoms with Gasteiger partial charge in [0.2, 0.25) is 0 Å². The maximum absolute atomic E-state index is 12.4. The number of benzene rings is 2. The fourth-order valence-corrected chi connectivity index (χ4v) is 3.54. The Morgan fingerprint density at radius 2 is 1.88 bits per heavy atom. The lowest BCUT2D eigenvalue weighted by atomic mass is 10.1. The number of fused-ring (bicyclic) bond motifs is 1. The van der Waals surface area contributed by atoms with Crippen molar-refractivity contribution >= 4 is 27.5 Å². The number of hydrogen-bond acceptors (Lipinski definition) is 3. The summed E-state index contributed by atoms with van der Waals surface area (Å²) < 4.78 is 3.02. The number of carbonyl (C=O) groups excluding carboxylic acids is 1. The van der Waals surface area contributed by atoms with Crippen LogP contribution in [0.4, 0.5) is 0 Å². The van der Waals surface area contributed by atoms with E-state index in [0.717, 1.165) is 21.5 Å². The van der Waals surface area contributed by atoms with Gasteiger partial charge in [0.25, 0.3) is 5.91 Å². The van der Waals surface area contributed by atoms with E-state index < -0.39 is 0 Å². The van der Waals surface area contributed by atoms with Gasteiger partial charge in [-0.15, -0.1) is 0 Å². The summed E-state index contributed by atoms with van der Waals surface area (Å²) in [6, 6.07) is 19.4. The molecule has 0 spiro atoms. The van der Waals surface area contributed by atoms with E-state index in [-0.39, 0.29) is 5.91 Å². The van der Waals surface area contributed by atoms with Crippen molar-refractivity contribution in [1.82, 2.24) is 14.8 Å². The average Bonchev–Trinajstić information content (AvgIpc) is 3.22. The maximum Gasteiger partial charge on any atom is 0.297 e. The van der Waals surface area contributed by atoms with Crippen molar-refractivity contribution in [2.24, 2.45) is 12.0 Å². The van der Waals surface area contributed by atoms with Crippen LogP contribution in [-0.2, 0) is 7.05 Å². The van der Waals surface area contributed by atoms with Gasteiger partial charge in [0.1, 0.15) is 5.69 Å². The summed E-state index contributed by atoms with van der Waals surface area (Å²) in [5.41, 5.74) is 3.13. The monoisotopic (exact) mass is 334 g/mol. The number of rotatable bonds is 2. The van der Waals surface area contributed by atoms with Gasteiger partial charge in [-0.3, -0.25) is 9.89 Å². The van der Waals surface area contributed by atoms with E-state index in [1.54, 1.807) is 6.07 Å². The molecule has 0 aliphatic rings. The van der Waals surface area contributed by atoms with E-state index in [1.165, 1.54) is 11.3 Å². The molecular weight excluding hydrogens is 320 g/mol. The van der Waals surface area contributed by atoms with E-state index in [2.05, 4.69) is 15.2 Å². The van der Waals surface area contributed by atoms with Gasteiger partial charge >= 0.3 is 0 Å². The van der Waals surface area contributed by atoms with E-state index in [9.17, 15) is 4.79 Å². The number of hydrogen-bond donors (Lipinski definition) is 1. The van der Waals surface area contributed by atoms with Gasteiger partial charge in [0.15, 0.2) is 4.80 Å². The third-order valence-corrected chi connectivity index (χ3v) is 4.90. The highest BCUT2D eigenvalue weighted by atomic mass is 32.1. The maximum atomic E-state index is 12.4. The van der Waals surface area contributed by atoms with Crippen molar-refractivity contribution < 1.29 is 4.79 Å². The molecule has 2 heterocycles. The molecule has 6 heteroatoms. The molecule has 118 valence electrons. The number of aryl methyl sites for hydroxylation is 1. The number of nitrogens with one attached hydrogen (secondary N) is 1. The first-order valence-electron chi connectivity index (χ1n) is 7.47. The molecule has 0 aliphatic heterocycles. The highest BCUT2D eigenvalue weighted by molar-refractivity contribution is 7.16. The summed E-state index contributed by atoms with van der Waals surface area (Å²) in [7, 11) is 1.91. The zero-order chi connectivity index (χ0) is 16.5. The molecular formula is C18H14N4OS. The minimum absolute atomic E-state index is 0.327. The number of aromatic nitrogens is 3. The predicted octanol–water partition coefficient (Wildman–Crippen LogP) is 3.37. The van der Waals surface area contributed by atoms with Gasteiger partial charge in [0.05, 0.1) is 15.9 Å². The van der Waals surface area contributed by atoms with Gasteiger partial charge in [0, 0.05) is 12.6 Å². The molecule has 2 aromatic carbocycles. The zero-order valence-corrected chi connectivity index (χ0v) is 13.7. The quantitative estimate of drug-likeness (QED) is 0.611. The molecule has 0 atom stereocenters. The molecule has 4 rings (SSSR count). The number of para-hydroxylation sites is 1. The molecule has 0 bridgehead atoms. The highest BCUT2D eigenvalue weighted by Crippen LogP contribution is 2.18. The Balaban J connectivity index is 1.71. The summed E-state index contributed by atoms with van der Waals surface area (Å²) in [5.74, 6) is -0.327. The molecule has 0 fully saturated rings. The normalized spacial score (nSPS) is 12.0. The third kappa shape index (κ3) is 2.57. The second kappa shape index (κ2) is 5.90. The smallest absolute Gasteiger partial charge is 0.297 e. The van der Waals surface area contributed by atoms with Crippen molar-refractivity contribution in [3.63, 3.8) is 0 Å². The molecule has 4 aromatic rings. The zero-order valence-electron chi connectivity index (χ0n) is 12.9. The largest absolute Gasteiger partial charge is 0.319 e. The van der Waals surface area contributed by atoms with Gasteiger partial charge in [-0.05, 0) is 18.2 Å². The van der Waals surface area contributed by atoms with Crippen molar-refractivity contribution in [1.29, 1.82) is 0 Å². The van der Waals surface area contributed by atoms with E-state index in [0.29, 0.717) is 10.5 Å². The van der Waals surface area contributed by atoms with Crippen molar-refractivity contribution in [2.75, 3.05) is 0 Å². The summed E-state index contributed by atoms with van der Waals surface area (Å²) in [4.78, 5) is 17.4. The van der Waals surface area contributed by atoms with Crippen LogP contribution in [0, 0.1) is 0 Å². The summed E-state index contributed by atoms with van der Waals surface area (Å²) in [6.07, 6.45) is 0. The fraction of sp³-hybridized carbons (Fsp3) is 0.0556. The summed E-state index contributed by atoms with van der Waals surface area (Å²) in [6.45, 7) is 0. The highest BCUT2D eigenvalue weighted by Gasteiger charge is 2.11. The minimum atomic E-state index is -0.327. The van der Waals surface area contributed by atoms with Crippen LogP contribution in [-0.4, -0.2) is 20.7 Å². The van der Waals surface area contributed by atoms with Crippen LogP contribution < -0.4 is 4.80 Å². The topological polar surface area (TPSA) is 63.0 Å². The Hall–Kier alpha value is -2.99. The predicted molar refractivity (Wildman–Crippen MR) is 94.7 cm³/mol. The van der Waals surface area contributed by atoms with Crippen LogP contribution in [0.1, 0.15) is 10.5 Å². The number of thiazole rings is 1. The number of H-pyrrole nitrogens is 1. The Morgan fingerprint density at radius 1 is 1.12 bits per heavy atom. The lowest BCUT2D eigenvalue weighted by molar-refractivity contribution is 0.0993. The summed E-state index contributed by atoms with van der Waals surface area (Å²) in [5, 5.41) is 6.98. The van der Waals surface area contributed by atoms with Gasteiger partial charge in [-0.2, -0.15) is 10.1 Å². The number of aromatic amines is 1. The van der Waals surface area contributed by atoms with Crippen molar-refractivity contribution in [3.8, 4) is 11.3 Å². The molecule has 0 radical (unpaired) electrons. The minimum Gasteiger partial charge on any atom is -0.319 e. The molecule has 0 saturated carbocycles. The van der Waals surface area contributed by atoms with Crippen LogP contribution in [0.2, 0.25) is 0 Å². The lowest BCUT2D eigenvalue weighted by Gasteiger charge is -1.94. The van der Waals surface area contributed by atoms with Crippen LogP contribution in [0.15, 0.2) is 65.7 Å². The van der Waals surface area contributed by atoms with Gasteiger partial charge in [-0.25, -0.2) is 0 Å². The van der Waals surface area contributed by atoms with Crippen LogP contribution in [0.5, 0.6) is 0 Å². The molecule has 1 N–H and O–H groups in total. The number of carbonyl (C=O) groups is 1. The molecule has 1 amide bonds. The molecule has 0 unspecified atom stereocenters. The Bertz CT molecular complexity index is 1090. The van der Waals surface area contributed by atoms with Gasteiger partial charge < -0.3 is 4.57 Å². The van der Waals surface area contributed by atoms with E-state index >= 15 is 0 Å². The van der Waals surface area contributed by atoms with Crippen molar-refractivity contribution in [3.05, 3.63) is 71.2 Å². The molecule has 0 aliphatic carbocycles. The second-order valence-electron chi connectivity index (χ2n) is 5.36. The molecule has 2 aromatic heterocycles. The van der Waals surface area contributed by atoms with E-state index in [4.69, 9.17) is 0 Å². The first-order valence-corrected chi connectivity index (χ1v) is 8.28. The number of amides is 1. The first kappa shape index (κ1) is 14.6. The standard InChI is InChI=1S/C18H14N4OS/c1-22-15-9-5-6-10-16(15)24-18(22)19-17(23)14-11-13(20-21-14)12-7-3-2-4-8-12/h2-11H,1H3,(H,20,21). The molecule has 24 heavy (non-hydrogen) atoms. The number of nitrogens with zero attached hydrogens (tertiary/aromatic N) is 3. The third-order valence-electron chi connectivity index (χ3n) is 3.79. The Kier molecular flexibility index (Phi) is 3.59. The fourth-order valence-electron chi connectivity index (χ4n) is 2.52. The Morgan fingerprint density at radius 3 is 2.67 bits per heavy atom.